The van der Waals surface area contributed by atoms with Gasteiger partial charge in [-0.1, -0.05) is 30.3 Å². The molecular weight excluding hydrogens is 319 g/mol. The zero-order valence-electron chi connectivity index (χ0n) is 14.2. The average molecular weight is 340 g/mol. The van der Waals surface area contributed by atoms with Crippen LogP contribution in [0.15, 0.2) is 54.6 Å². The van der Waals surface area contributed by atoms with Crippen molar-refractivity contribution in [3.63, 3.8) is 0 Å². The van der Waals surface area contributed by atoms with E-state index in [1.165, 1.54) is 12.1 Å². The van der Waals surface area contributed by atoms with E-state index in [4.69, 9.17) is 0 Å². The molecule has 0 radical (unpaired) electrons. The number of halogens is 1. The molecule has 2 aromatic rings. The van der Waals surface area contributed by atoms with Crippen molar-refractivity contribution in [3.05, 3.63) is 66.0 Å². The van der Waals surface area contributed by atoms with Crippen LogP contribution in [0.5, 0.6) is 0 Å². The molecule has 2 amide bonds. The molecule has 0 spiro atoms. The van der Waals surface area contributed by atoms with E-state index in [9.17, 15) is 14.0 Å². The second-order valence-corrected chi connectivity index (χ2v) is 6.26. The molecule has 1 aliphatic heterocycles. The van der Waals surface area contributed by atoms with Crippen molar-refractivity contribution in [3.8, 4) is 0 Å². The molecule has 1 unspecified atom stereocenters. The first-order valence-corrected chi connectivity index (χ1v) is 8.43. The summed E-state index contributed by atoms with van der Waals surface area (Å²) in [5.41, 5.74) is 1.77. The summed E-state index contributed by atoms with van der Waals surface area (Å²) in [6.45, 7) is 0.614. The van der Waals surface area contributed by atoms with E-state index in [-0.39, 0.29) is 17.6 Å². The largest absolute Gasteiger partial charge is 0.334 e. The van der Waals surface area contributed by atoms with Crippen molar-refractivity contribution in [1.29, 1.82) is 0 Å². The van der Waals surface area contributed by atoms with Gasteiger partial charge in [-0.25, -0.2) is 4.39 Å². The third-order valence-electron chi connectivity index (χ3n) is 4.65. The zero-order chi connectivity index (χ0) is 17.8. The van der Waals surface area contributed by atoms with Crippen molar-refractivity contribution in [2.24, 2.45) is 0 Å². The van der Waals surface area contributed by atoms with E-state index in [1.54, 1.807) is 29.0 Å². The van der Waals surface area contributed by atoms with E-state index in [2.05, 4.69) is 0 Å². The first-order valence-electron chi connectivity index (χ1n) is 8.43. The molecule has 1 saturated heterocycles. The average Bonchev–Trinajstić information content (AvgIpc) is 3.02. The summed E-state index contributed by atoms with van der Waals surface area (Å²) in [6, 6.07) is 15.2. The Morgan fingerprint density at radius 1 is 1.16 bits per heavy atom. The smallest absolute Gasteiger partial charge is 0.249 e. The Labute approximate surface area is 146 Å². The highest BCUT2D eigenvalue weighted by atomic mass is 19.1. The summed E-state index contributed by atoms with van der Waals surface area (Å²) in [4.78, 5) is 28.4. The maximum absolute atomic E-state index is 12.9. The number of carbonyl (C=O) groups excluding carboxylic acids is 2. The fraction of sp³-hybridized carbons (Fsp3) is 0.300. The SMILES string of the molecule is CN(C(=O)CCc1ccc(F)cc1)C1CCN(c2ccccc2)C1=O. The van der Waals surface area contributed by atoms with Crippen LogP contribution in [0.2, 0.25) is 0 Å². The van der Waals surface area contributed by atoms with Gasteiger partial charge in [-0.2, -0.15) is 0 Å². The molecule has 1 aliphatic rings. The Morgan fingerprint density at radius 3 is 2.52 bits per heavy atom. The first-order chi connectivity index (χ1) is 12.1. The van der Waals surface area contributed by atoms with Crippen LogP contribution < -0.4 is 4.90 Å². The molecule has 0 aromatic heterocycles. The summed E-state index contributed by atoms with van der Waals surface area (Å²) in [7, 11) is 1.68. The molecule has 4 nitrogen and oxygen atoms in total. The lowest BCUT2D eigenvalue weighted by molar-refractivity contribution is -0.136. The monoisotopic (exact) mass is 340 g/mol. The fourth-order valence-corrected chi connectivity index (χ4v) is 3.14. The fourth-order valence-electron chi connectivity index (χ4n) is 3.14. The number of hydrogen-bond donors (Lipinski definition) is 0. The number of likely N-dealkylation sites (N-methyl/N-ethyl adjacent to an activating group) is 1. The third-order valence-corrected chi connectivity index (χ3v) is 4.65. The van der Waals surface area contributed by atoms with E-state index in [0.717, 1.165) is 11.3 Å². The minimum absolute atomic E-state index is 0.0381. The molecule has 1 heterocycles. The second kappa shape index (κ2) is 7.47. The molecule has 5 heteroatoms. The molecule has 1 fully saturated rings. The maximum atomic E-state index is 12.9. The summed E-state index contributed by atoms with van der Waals surface area (Å²) >= 11 is 0. The van der Waals surface area contributed by atoms with Gasteiger partial charge < -0.3 is 9.80 Å². The van der Waals surface area contributed by atoms with Crippen LogP contribution in [-0.2, 0) is 16.0 Å². The molecule has 1 atom stereocenters. The number of benzene rings is 2. The van der Waals surface area contributed by atoms with Gasteiger partial charge in [0.1, 0.15) is 11.9 Å². The highest BCUT2D eigenvalue weighted by Crippen LogP contribution is 2.24. The Kier molecular flexibility index (Phi) is 5.12. The van der Waals surface area contributed by atoms with Crippen LogP contribution in [-0.4, -0.2) is 36.3 Å². The van der Waals surface area contributed by atoms with E-state index in [1.807, 2.05) is 30.3 Å². The maximum Gasteiger partial charge on any atom is 0.249 e. The van der Waals surface area contributed by atoms with Crippen LogP contribution >= 0.6 is 0 Å². The standard InChI is InChI=1S/C20H21FN2O2/c1-22(19(24)12-9-15-7-10-16(21)11-8-15)18-13-14-23(20(18)25)17-5-3-2-4-6-17/h2-8,10-11,18H,9,12-14H2,1H3. The number of para-hydroxylation sites is 1. The predicted octanol–water partition coefficient (Wildman–Crippen LogP) is 3.02. The second-order valence-electron chi connectivity index (χ2n) is 6.26. The van der Waals surface area contributed by atoms with Crippen LogP contribution in [0.4, 0.5) is 10.1 Å². The molecule has 0 N–H and O–H groups in total. The Hall–Kier alpha value is -2.69. The van der Waals surface area contributed by atoms with Gasteiger partial charge in [-0.05, 0) is 42.7 Å². The number of anilines is 1. The summed E-state index contributed by atoms with van der Waals surface area (Å²) < 4.78 is 12.9. The molecule has 0 saturated carbocycles. The number of nitrogens with zero attached hydrogens (tertiary/aromatic N) is 2. The number of amides is 2. The van der Waals surface area contributed by atoms with Gasteiger partial charge in [0.2, 0.25) is 11.8 Å². The lowest BCUT2D eigenvalue weighted by Crippen LogP contribution is -2.43. The normalized spacial score (nSPS) is 17.0. The topological polar surface area (TPSA) is 40.6 Å². The summed E-state index contributed by atoms with van der Waals surface area (Å²) in [5, 5.41) is 0. The first kappa shape index (κ1) is 17.1. The molecule has 2 aromatic carbocycles. The van der Waals surface area contributed by atoms with E-state index in [0.29, 0.717) is 25.8 Å². The highest BCUT2D eigenvalue weighted by Gasteiger charge is 2.36. The minimum Gasteiger partial charge on any atom is -0.334 e. The van der Waals surface area contributed by atoms with Crippen LogP contribution in [0, 0.1) is 5.82 Å². The third kappa shape index (κ3) is 3.87. The predicted molar refractivity (Wildman–Crippen MR) is 94.7 cm³/mol. The van der Waals surface area contributed by atoms with Gasteiger partial charge in [-0.15, -0.1) is 0 Å². The van der Waals surface area contributed by atoms with E-state index >= 15 is 0 Å². The lowest BCUT2D eigenvalue weighted by atomic mass is 10.1. The van der Waals surface area contributed by atoms with Gasteiger partial charge in [-0.3, -0.25) is 9.59 Å². The van der Waals surface area contributed by atoms with Gasteiger partial charge in [0.05, 0.1) is 0 Å². The van der Waals surface area contributed by atoms with Gasteiger partial charge in [0.25, 0.3) is 0 Å². The molecule has 0 aliphatic carbocycles. The van der Waals surface area contributed by atoms with Crippen LogP contribution in [0.3, 0.4) is 0 Å². The quantitative estimate of drug-likeness (QED) is 0.839. The lowest BCUT2D eigenvalue weighted by Gasteiger charge is -2.24. The highest BCUT2D eigenvalue weighted by molar-refractivity contribution is 6.01. The Bertz CT molecular complexity index is 746. The van der Waals surface area contributed by atoms with Crippen molar-refractivity contribution in [1.82, 2.24) is 4.90 Å². The van der Waals surface area contributed by atoms with Gasteiger partial charge in [0, 0.05) is 25.7 Å². The number of carbonyl (C=O) groups is 2. The van der Waals surface area contributed by atoms with E-state index < -0.39 is 6.04 Å². The number of aryl methyl sites for hydroxylation is 1. The molecule has 25 heavy (non-hydrogen) atoms. The molecule has 130 valence electrons. The van der Waals surface area contributed by atoms with Crippen molar-refractivity contribution < 1.29 is 14.0 Å². The molecular formula is C20H21FN2O2. The van der Waals surface area contributed by atoms with Crippen molar-refractivity contribution >= 4 is 17.5 Å². The van der Waals surface area contributed by atoms with Gasteiger partial charge in [0.15, 0.2) is 0 Å². The minimum atomic E-state index is -0.416. The summed E-state index contributed by atoms with van der Waals surface area (Å²) in [5.74, 6) is -0.397. The number of hydrogen-bond acceptors (Lipinski definition) is 2. The molecule has 3 rings (SSSR count). The van der Waals surface area contributed by atoms with Crippen molar-refractivity contribution in [2.75, 3.05) is 18.5 Å². The Morgan fingerprint density at radius 2 is 1.84 bits per heavy atom. The molecule has 0 bridgehead atoms. The van der Waals surface area contributed by atoms with Crippen LogP contribution in [0.25, 0.3) is 0 Å². The summed E-state index contributed by atoms with van der Waals surface area (Å²) in [6.07, 6.45) is 1.47. The Balaban J connectivity index is 1.59. The van der Waals surface area contributed by atoms with Crippen molar-refractivity contribution in [2.45, 2.75) is 25.3 Å². The number of rotatable bonds is 5. The zero-order valence-corrected chi connectivity index (χ0v) is 14.2. The van der Waals surface area contributed by atoms with Crippen LogP contribution in [0.1, 0.15) is 18.4 Å². The van der Waals surface area contributed by atoms with Gasteiger partial charge >= 0.3 is 0 Å².